The highest BCUT2D eigenvalue weighted by atomic mass is 16.5. The highest BCUT2D eigenvalue weighted by Crippen LogP contribution is 2.38. The van der Waals surface area contributed by atoms with Crippen molar-refractivity contribution < 1.29 is 9.32 Å². The molecule has 1 fully saturated rings. The predicted octanol–water partition coefficient (Wildman–Crippen LogP) is 2.92. The van der Waals surface area contributed by atoms with Crippen LogP contribution in [-0.2, 0) is 0 Å². The van der Waals surface area contributed by atoms with Crippen LogP contribution in [0, 0.1) is 6.92 Å². The van der Waals surface area contributed by atoms with E-state index < -0.39 is 0 Å². The zero-order valence-corrected chi connectivity index (χ0v) is 14.5. The lowest BCUT2D eigenvalue weighted by molar-refractivity contribution is 0.245. The molecule has 1 aliphatic carbocycles. The summed E-state index contributed by atoms with van der Waals surface area (Å²) in [7, 11) is 0. The van der Waals surface area contributed by atoms with Crippen molar-refractivity contribution in [1.29, 1.82) is 0 Å². The maximum absolute atomic E-state index is 12.3. The van der Waals surface area contributed by atoms with E-state index in [9.17, 15) is 4.79 Å². The van der Waals surface area contributed by atoms with Crippen LogP contribution in [0.15, 0.2) is 28.8 Å². The summed E-state index contributed by atoms with van der Waals surface area (Å²) < 4.78 is 5.23. The third kappa shape index (κ3) is 3.56. The minimum absolute atomic E-state index is 0.355. The number of benzene rings is 1. The summed E-state index contributed by atoms with van der Waals surface area (Å²) in [6, 6.07) is 6.59. The number of aryl methyl sites for hydroxylation is 1. The molecule has 0 radical (unpaired) electrons. The Morgan fingerprint density at radius 3 is 2.92 bits per heavy atom. The summed E-state index contributed by atoms with van der Waals surface area (Å²) in [6.07, 6.45) is 2.20. The van der Waals surface area contributed by atoms with Crippen molar-refractivity contribution in [2.45, 2.75) is 38.6 Å². The summed E-state index contributed by atoms with van der Waals surface area (Å²) in [4.78, 5) is 20.9. The van der Waals surface area contributed by atoms with Crippen molar-refractivity contribution >= 4 is 11.7 Å². The molecule has 0 aliphatic heterocycles. The molecule has 9 heteroatoms. The van der Waals surface area contributed by atoms with E-state index in [1.54, 1.807) is 13.0 Å². The number of aromatic amines is 1. The second-order valence-electron chi connectivity index (χ2n) is 6.41. The Bertz CT molecular complexity index is 929. The monoisotopic (exact) mass is 353 g/mol. The zero-order chi connectivity index (χ0) is 18.1. The van der Waals surface area contributed by atoms with E-state index in [-0.39, 0.29) is 12.1 Å². The Labute approximate surface area is 149 Å². The number of nitrogens with zero attached hydrogens (tertiary/aromatic N) is 4. The summed E-state index contributed by atoms with van der Waals surface area (Å²) in [5.74, 6) is 2.86. The molecule has 2 aromatic heterocycles. The van der Waals surface area contributed by atoms with Crippen LogP contribution >= 0.6 is 0 Å². The maximum Gasteiger partial charge on any atom is 0.319 e. The first kappa shape index (κ1) is 16.2. The van der Waals surface area contributed by atoms with Gasteiger partial charge < -0.3 is 15.2 Å². The molecule has 3 aromatic rings. The molecule has 2 heterocycles. The minimum Gasteiger partial charge on any atom is -0.337 e. The third-order valence-electron chi connectivity index (χ3n) is 4.09. The first-order valence-electron chi connectivity index (χ1n) is 8.49. The topological polar surface area (TPSA) is 122 Å². The second-order valence-corrected chi connectivity index (χ2v) is 6.41. The van der Waals surface area contributed by atoms with Crippen molar-refractivity contribution in [2.24, 2.45) is 0 Å². The standard InChI is InChI=1S/C17H19N7O2/c1-9(16-21-15(24-26-16)11-6-7-11)18-17(25)20-13-5-3-4-12(8-13)14-19-10(2)22-23-14/h3-5,8-9,11H,6-7H2,1-2H3,(H2,18,20,25)(H,19,22,23). The lowest BCUT2D eigenvalue weighted by atomic mass is 10.2. The van der Waals surface area contributed by atoms with Crippen molar-refractivity contribution in [1.82, 2.24) is 30.6 Å². The number of aromatic nitrogens is 5. The number of nitrogens with one attached hydrogen (secondary N) is 3. The molecule has 0 bridgehead atoms. The lowest BCUT2D eigenvalue weighted by Crippen LogP contribution is -2.31. The number of anilines is 1. The SMILES string of the molecule is Cc1nc(-c2cccc(NC(=O)NC(C)c3nc(C4CC4)no3)c2)n[nH]1. The zero-order valence-electron chi connectivity index (χ0n) is 14.5. The van der Waals surface area contributed by atoms with Crippen molar-refractivity contribution in [3.8, 4) is 11.4 Å². The number of carbonyl (C=O) groups is 1. The smallest absolute Gasteiger partial charge is 0.319 e. The molecule has 1 aliphatic rings. The van der Waals surface area contributed by atoms with E-state index >= 15 is 0 Å². The maximum atomic E-state index is 12.3. The van der Waals surface area contributed by atoms with Gasteiger partial charge in [-0.25, -0.2) is 9.78 Å². The fraction of sp³-hybridized carbons (Fsp3) is 0.353. The molecule has 2 amide bonds. The van der Waals surface area contributed by atoms with Crippen LogP contribution < -0.4 is 10.6 Å². The van der Waals surface area contributed by atoms with Crippen LogP contribution in [0.5, 0.6) is 0 Å². The van der Waals surface area contributed by atoms with Crippen LogP contribution in [-0.4, -0.2) is 31.4 Å². The van der Waals surface area contributed by atoms with E-state index in [1.165, 1.54) is 0 Å². The molecule has 1 atom stereocenters. The van der Waals surface area contributed by atoms with Crippen LogP contribution in [0.4, 0.5) is 10.5 Å². The minimum atomic E-state index is -0.381. The Morgan fingerprint density at radius 1 is 1.35 bits per heavy atom. The molecule has 1 unspecified atom stereocenters. The Kier molecular flexibility index (Phi) is 4.11. The summed E-state index contributed by atoms with van der Waals surface area (Å²) >= 11 is 0. The van der Waals surface area contributed by atoms with Crippen LogP contribution in [0.25, 0.3) is 11.4 Å². The Morgan fingerprint density at radius 2 is 2.19 bits per heavy atom. The van der Waals surface area contributed by atoms with Crippen LogP contribution in [0.2, 0.25) is 0 Å². The molecular weight excluding hydrogens is 334 g/mol. The quantitative estimate of drug-likeness (QED) is 0.648. The summed E-state index contributed by atoms with van der Waals surface area (Å²) in [5, 5.41) is 16.5. The van der Waals surface area contributed by atoms with E-state index in [4.69, 9.17) is 4.52 Å². The fourth-order valence-electron chi connectivity index (χ4n) is 2.56. The highest BCUT2D eigenvalue weighted by molar-refractivity contribution is 5.90. The molecule has 3 N–H and O–H groups in total. The van der Waals surface area contributed by atoms with E-state index in [0.717, 1.165) is 30.1 Å². The van der Waals surface area contributed by atoms with Crippen molar-refractivity contribution in [3.05, 3.63) is 41.8 Å². The fourth-order valence-corrected chi connectivity index (χ4v) is 2.56. The average molecular weight is 353 g/mol. The van der Waals surface area contributed by atoms with Gasteiger partial charge in [0.1, 0.15) is 11.9 Å². The van der Waals surface area contributed by atoms with Gasteiger partial charge in [-0.2, -0.15) is 10.1 Å². The van der Waals surface area contributed by atoms with Gasteiger partial charge >= 0.3 is 6.03 Å². The number of urea groups is 1. The van der Waals surface area contributed by atoms with Crippen molar-refractivity contribution in [2.75, 3.05) is 5.32 Å². The predicted molar refractivity (Wildman–Crippen MR) is 93.4 cm³/mol. The molecule has 1 aromatic carbocycles. The van der Waals surface area contributed by atoms with E-state index in [2.05, 4.69) is 36.0 Å². The van der Waals surface area contributed by atoms with Crippen LogP contribution in [0.1, 0.15) is 49.3 Å². The molecule has 1 saturated carbocycles. The number of hydrogen-bond acceptors (Lipinski definition) is 6. The Balaban J connectivity index is 1.39. The van der Waals surface area contributed by atoms with Gasteiger partial charge in [0.15, 0.2) is 11.6 Å². The van der Waals surface area contributed by atoms with Gasteiger partial charge in [0.05, 0.1) is 0 Å². The molecule has 0 saturated heterocycles. The number of rotatable bonds is 5. The number of hydrogen-bond donors (Lipinski definition) is 3. The van der Waals surface area contributed by atoms with E-state index in [1.807, 2.05) is 25.1 Å². The normalized spacial score (nSPS) is 14.8. The largest absolute Gasteiger partial charge is 0.337 e. The molecule has 26 heavy (non-hydrogen) atoms. The highest BCUT2D eigenvalue weighted by Gasteiger charge is 2.29. The Hall–Kier alpha value is -3.23. The van der Waals surface area contributed by atoms with Gasteiger partial charge in [-0.3, -0.25) is 5.10 Å². The van der Waals surface area contributed by atoms with Gasteiger partial charge in [0.2, 0.25) is 5.89 Å². The first-order valence-corrected chi connectivity index (χ1v) is 8.49. The van der Waals surface area contributed by atoms with Gasteiger partial charge in [-0.05, 0) is 38.8 Å². The van der Waals surface area contributed by atoms with Gasteiger partial charge in [-0.1, -0.05) is 17.3 Å². The van der Waals surface area contributed by atoms with Crippen LogP contribution in [0.3, 0.4) is 0 Å². The second kappa shape index (κ2) is 6.58. The molecule has 9 nitrogen and oxygen atoms in total. The molecule has 134 valence electrons. The van der Waals surface area contributed by atoms with Gasteiger partial charge in [0, 0.05) is 17.2 Å². The lowest BCUT2D eigenvalue weighted by Gasteiger charge is -2.11. The molecular formula is C17H19N7O2. The average Bonchev–Trinajstić information content (AvgIpc) is 3.17. The third-order valence-corrected chi connectivity index (χ3v) is 4.09. The van der Waals surface area contributed by atoms with E-state index in [0.29, 0.717) is 23.3 Å². The van der Waals surface area contributed by atoms with Crippen molar-refractivity contribution in [3.63, 3.8) is 0 Å². The number of amides is 2. The number of H-pyrrole nitrogens is 1. The van der Waals surface area contributed by atoms with Gasteiger partial charge in [0.25, 0.3) is 0 Å². The molecule has 0 spiro atoms. The summed E-state index contributed by atoms with van der Waals surface area (Å²) in [5.41, 5.74) is 1.45. The molecule has 4 rings (SSSR count). The van der Waals surface area contributed by atoms with Gasteiger partial charge in [-0.15, -0.1) is 0 Å². The first-order chi connectivity index (χ1) is 12.6. The number of carbonyl (C=O) groups excluding carboxylic acids is 1. The summed E-state index contributed by atoms with van der Waals surface area (Å²) in [6.45, 7) is 3.64.